The molecular weight excluding hydrogens is 392 g/mol. The molecule has 3 atom stereocenters. The van der Waals surface area contributed by atoms with Crippen molar-refractivity contribution in [3.05, 3.63) is 35.9 Å². The number of benzene rings is 1. The molecule has 2 heterocycles. The second-order valence-corrected chi connectivity index (χ2v) is 7.42. The fourth-order valence-corrected chi connectivity index (χ4v) is 3.73. The molecule has 10 heteroatoms. The Hall–Kier alpha value is -2.85. The van der Waals surface area contributed by atoms with E-state index in [4.69, 9.17) is 14.8 Å². The van der Waals surface area contributed by atoms with Gasteiger partial charge in [-0.1, -0.05) is 37.3 Å². The molecule has 0 aromatic heterocycles. The predicted octanol–water partition coefficient (Wildman–Crippen LogP) is 1.87. The number of rotatable bonds is 10. The lowest BCUT2D eigenvalue weighted by Gasteiger charge is -2.29. The molecule has 0 saturated carbocycles. The van der Waals surface area contributed by atoms with Crippen LogP contribution in [0.15, 0.2) is 30.3 Å². The van der Waals surface area contributed by atoms with E-state index in [0.717, 1.165) is 5.56 Å². The minimum Gasteiger partial charge on any atom is -0.465 e. The van der Waals surface area contributed by atoms with E-state index in [2.05, 4.69) is 10.8 Å². The van der Waals surface area contributed by atoms with Gasteiger partial charge in [-0.2, -0.15) is 5.06 Å². The maximum absolute atomic E-state index is 12.7. The van der Waals surface area contributed by atoms with Crippen molar-refractivity contribution in [2.24, 2.45) is 0 Å². The summed E-state index contributed by atoms with van der Waals surface area (Å²) in [5.74, 6) is -0.383. The first-order chi connectivity index (χ1) is 14.5. The van der Waals surface area contributed by atoms with E-state index in [0.29, 0.717) is 38.8 Å². The van der Waals surface area contributed by atoms with Crippen molar-refractivity contribution in [3.8, 4) is 0 Å². The number of carbonyl (C=O) groups is 3. The quantitative estimate of drug-likeness (QED) is 0.393. The Labute approximate surface area is 175 Å². The number of hydroxylamine groups is 3. The number of fused-ring (bicyclic) bond motifs is 2. The molecule has 2 aliphatic rings. The van der Waals surface area contributed by atoms with Gasteiger partial charge in [-0.25, -0.2) is 15.1 Å². The van der Waals surface area contributed by atoms with Crippen molar-refractivity contribution < 1.29 is 29.2 Å². The van der Waals surface area contributed by atoms with Gasteiger partial charge in [0, 0.05) is 12.6 Å². The first-order valence-electron chi connectivity index (χ1n) is 10.2. The third-order valence-electron chi connectivity index (χ3n) is 5.40. The smallest absolute Gasteiger partial charge is 0.404 e. The van der Waals surface area contributed by atoms with Gasteiger partial charge in [-0.15, -0.1) is 0 Å². The highest BCUT2D eigenvalue weighted by molar-refractivity contribution is 5.88. The predicted molar refractivity (Wildman–Crippen MR) is 106 cm³/mol. The fraction of sp³-hybridized carbons (Fsp3) is 0.550. The molecule has 1 unspecified atom stereocenters. The Morgan fingerprint density at radius 3 is 2.73 bits per heavy atom. The highest BCUT2D eigenvalue weighted by atomic mass is 16.7. The molecule has 2 bridgehead atoms. The minimum atomic E-state index is -1.09. The van der Waals surface area contributed by atoms with E-state index in [1.807, 2.05) is 37.3 Å². The van der Waals surface area contributed by atoms with Crippen LogP contribution < -0.4 is 10.8 Å². The van der Waals surface area contributed by atoms with Gasteiger partial charge in [0.05, 0.1) is 12.6 Å². The monoisotopic (exact) mass is 420 g/mol. The van der Waals surface area contributed by atoms with Gasteiger partial charge in [-0.3, -0.25) is 14.5 Å². The summed E-state index contributed by atoms with van der Waals surface area (Å²) in [5.41, 5.74) is 3.36. The number of hydrogen-bond donors (Lipinski definition) is 3. The van der Waals surface area contributed by atoms with Gasteiger partial charge < -0.3 is 15.3 Å². The molecule has 10 nitrogen and oxygen atoms in total. The summed E-state index contributed by atoms with van der Waals surface area (Å²) in [7, 11) is 0. The molecule has 30 heavy (non-hydrogen) atoms. The highest BCUT2D eigenvalue weighted by Crippen LogP contribution is 2.30. The van der Waals surface area contributed by atoms with Gasteiger partial charge in [0.2, 0.25) is 0 Å². The van der Waals surface area contributed by atoms with E-state index in [-0.39, 0.29) is 30.6 Å². The van der Waals surface area contributed by atoms with Crippen LogP contribution in [0.4, 0.5) is 9.59 Å². The lowest BCUT2D eigenvalue weighted by molar-refractivity contribution is -0.141. The average Bonchev–Trinajstić information content (AvgIpc) is 2.98. The number of nitrogens with one attached hydrogen (secondary N) is 2. The molecule has 3 rings (SSSR count). The van der Waals surface area contributed by atoms with Gasteiger partial charge in [0.15, 0.2) is 0 Å². The van der Waals surface area contributed by atoms with Gasteiger partial charge in [-0.05, 0) is 31.2 Å². The Bertz CT molecular complexity index is 746. The van der Waals surface area contributed by atoms with Crippen LogP contribution in [0, 0.1) is 0 Å². The number of hydrogen-bond acceptors (Lipinski definition) is 5. The molecule has 2 aliphatic heterocycles. The van der Waals surface area contributed by atoms with Crippen LogP contribution in [0.5, 0.6) is 0 Å². The normalized spacial score (nSPS) is 21.4. The van der Waals surface area contributed by atoms with E-state index < -0.39 is 12.1 Å². The second kappa shape index (κ2) is 10.3. The largest absolute Gasteiger partial charge is 0.465 e. The summed E-state index contributed by atoms with van der Waals surface area (Å²) in [6.45, 7) is 2.76. The molecular formula is C20H28N4O6. The molecule has 1 aromatic carbocycles. The van der Waals surface area contributed by atoms with Crippen molar-refractivity contribution in [1.82, 2.24) is 20.8 Å². The topological polar surface area (TPSA) is 120 Å². The van der Waals surface area contributed by atoms with E-state index >= 15 is 0 Å². The third-order valence-corrected chi connectivity index (χ3v) is 5.40. The number of nitrogens with zero attached hydrogens (tertiary/aromatic N) is 2. The third kappa shape index (κ3) is 5.39. The van der Waals surface area contributed by atoms with Crippen LogP contribution in [0.2, 0.25) is 0 Å². The number of urea groups is 1. The van der Waals surface area contributed by atoms with Crippen LogP contribution >= 0.6 is 0 Å². The van der Waals surface area contributed by atoms with Crippen LogP contribution in [0.25, 0.3) is 0 Å². The first-order valence-corrected chi connectivity index (χ1v) is 10.2. The van der Waals surface area contributed by atoms with Crippen LogP contribution in [-0.2, 0) is 21.1 Å². The van der Waals surface area contributed by atoms with Gasteiger partial charge in [0.25, 0.3) is 5.91 Å². The van der Waals surface area contributed by atoms with Crippen molar-refractivity contribution in [3.63, 3.8) is 0 Å². The number of carbonyl (C=O) groups excluding carboxylic acids is 2. The first kappa shape index (κ1) is 21.8. The zero-order valence-corrected chi connectivity index (χ0v) is 17.0. The zero-order chi connectivity index (χ0) is 21.5. The summed E-state index contributed by atoms with van der Waals surface area (Å²) < 4.78 is 0. The fourth-order valence-electron chi connectivity index (χ4n) is 3.73. The SMILES string of the molecule is CCC(CCONC(=O)[C@@H]1CC[C@@H]2CN1C(=O)N2OCc1ccccc1)NC(=O)O. The van der Waals surface area contributed by atoms with Crippen molar-refractivity contribution >= 4 is 18.0 Å². The molecule has 0 radical (unpaired) electrons. The zero-order valence-electron chi connectivity index (χ0n) is 17.0. The Morgan fingerprint density at radius 2 is 2.03 bits per heavy atom. The summed E-state index contributed by atoms with van der Waals surface area (Å²) in [5, 5.41) is 12.5. The minimum absolute atomic E-state index is 0.0708. The van der Waals surface area contributed by atoms with Crippen LogP contribution in [-0.4, -0.2) is 64.4 Å². The lowest BCUT2D eigenvalue weighted by atomic mass is 10.0. The molecule has 2 fully saturated rings. The summed E-state index contributed by atoms with van der Waals surface area (Å²) in [4.78, 5) is 48.4. The molecule has 2 saturated heterocycles. The average molecular weight is 420 g/mol. The van der Waals surface area contributed by atoms with Crippen LogP contribution in [0.3, 0.4) is 0 Å². The Morgan fingerprint density at radius 1 is 1.27 bits per heavy atom. The van der Waals surface area contributed by atoms with Crippen molar-refractivity contribution in [2.45, 2.75) is 57.3 Å². The number of amides is 4. The molecule has 4 amide bonds. The standard InChI is InChI=1S/C20H28N4O6/c1-2-15(21-19(26)27)10-11-29-22-18(25)17-9-8-16-12-23(17)20(28)24(16)30-13-14-6-4-3-5-7-14/h3-7,15-17,21H,2,8-13H2,1H3,(H,22,25)(H,26,27)/t15?,16-,17+/m1/s1. The maximum atomic E-state index is 12.7. The van der Waals surface area contributed by atoms with E-state index in [1.165, 1.54) is 9.96 Å². The molecule has 0 spiro atoms. The summed E-state index contributed by atoms with van der Waals surface area (Å²) in [6.07, 6.45) is 1.15. The maximum Gasteiger partial charge on any atom is 0.404 e. The van der Waals surface area contributed by atoms with E-state index in [1.54, 1.807) is 0 Å². The molecule has 3 N–H and O–H groups in total. The Balaban J connectivity index is 1.45. The molecule has 164 valence electrons. The molecule has 1 aromatic rings. The van der Waals surface area contributed by atoms with Crippen molar-refractivity contribution in [1.29, 1.82) is 0 Å². The lowest BCUT2D eigenvalue weighted by Crippen LogP contribution is -2.49. The number of carboxylic acid groups (broad SMARTS) is 1. The number of piperidine rings is 1. The summed E-state index contributed by atoms with van der Waals surface area (Å²) in [6, 6.07) is 8.35. The van der Waals surface area contributed by atoms with Crippen LogP contribution in [0.1, 0.15) is 38.2 Å². The highest BCUT2D eigenvalue weighted by Gasteiger charge is 2.48. The van der Waals surface area contributed by atoms with Crippen molar-refractivity contribution in [2.75, 3.05) is 13.2 Å². The Kier molecular flexibility index (Phi) is 7.47. The second-order valence-electron chi connectivity index (χ2n) is 7.42. The molecule has 0 aliphatic carbocycles. The van der Waals surface area contributed by atoms with Gasteiger partial charge >= 0.3 is 12.1 Å². The summed E-state index contributed by atoms with van der Waals surface area (Å²) >= 11 is 0. The van der Waals surface area contributed by atoms with E-state index in [9.17, 15) is 14.4 Å². The van der Waals surface area contributed by atoms with Gasteiger partial charge in [0.1, 0.15) is 12.6 Å².